The second-order valence-corrected chi connectivity index (χ2v) is 3.50. The van der Waals surface area contributed by atoms with Gasteiger partial charge in [0.2, 0.25) is 0 Å². The summed E-state index contributed by atoms with van der Waals surface area (Å²) in [4.78, 5) is 4.05. The Morgan fingerprint density at radius 2 is 2.12 bits per heavy atom. The van der Waals surface area contributed by atoms with E-state index in [0.29, 0.717) is 12.3 Å². The maximum atomic E-state index is 8.68. The molecule has 0 aliphatic rings. The summed E-state index contributed by atoms with van der Waals surface area (Å²) in [6.07, 6.45) is 1.70. The van der Waals surface area contributed by atoms with Crippen molar-refractivity contribution < 1.29 is 4.74 Å². The number of ether oxygens (including phenoxy) is 1. The van der Waals surface area contributed by atoms with Crippen molar-refractivity contribution in [3.05, 3.63) is 48.3 Å². The van der Waals surface area contributed by atoms with Gasteiger partial charge in [-0.3, -0.25) is 0 Å². The Kier molecular flexibility index (Phi) is 3.37. The number of rotatable bonds is 3. The zero-order valence-electron chi connectivity index (χ0n) is 9.55. The molecule has 0 N–H and O–H groups in total. The molecule has 0 fully saturated rings. The molecular formula is C14H12N2O. The summed E-state index contributed by atoms with van der Waals surface area (Å²) < 4.78 is 5.44. The fourth-order valence-corrected chi connectivity index (χ4v) is 1.56. The van der Waals surface area contributed by atoms with Crippen LogP contribution in [-0.4, -0.2) is 11.6 Å². The molecule has 0 saturated carbocycles. The van der Waals surface area contributed by atoms with Crippen molar-refractivity contribution in [3.8, 4) is 22.9 Å². The quantitative estimate of drug-likeness (QED) is 0.805. The minimum atomic E-state index is 0.426. The third-order valence-electron chi connectivity index (χ3n) is 2.36. The molecule has 1 aromatic heterocycles. The molecule has 3 heteroatoms. The van der Waals surface area contributed by atoms with E-state index >= 15 is 0 Å². The number of pyridine rings is 1. The Hall–Kier alpha value is -2.34. The molecule has 0 saturated heterocycles. The summed E-state index contributed by atoms with van der Waals surface area (Å²) in [5.41, 5.74) is 2.44. The van der Waals surface area contributed by atoms with Crippen LogP contribution in [0.25, 0.3) is 11.1 Å². The molecule has 0 radical (unpaired) electrons. The van der Waals surface area contributed by atoms with Crippen molar-refractivity contribution in [2.24, 2.45) is 0 Å². The standard InChI is InChI=1S/C14H12N2O/c1-2-17-14-5-3-4-11(8-14)12-6-7-13(9-15)16-10-12/h3-8,10H,2H2,1H3. The van der Waals surface area contributed by atoms with Crippen LogP contribution in [0.2, 0.25) is 0 Å². The molecule has 1 aromatic carbocycles. The molecule has 0 spiro atoms. The number of hydrogen-bond donors (Lipinski definition) is 0. The highest BCUT2D eigenvalue weighted by Gasteiger charge is 2.00. The Balaban J connectivity index is 2.32. The second-order valence-electron chi connectivity index (χ2n) is 3.50. The van der Waals surface area contributed by atoms with Crippen LogP contribution in [-0.2, 0) is 0 Å². The smallest absolute Gasteiger partial charge is 0.140 e. The van der Waals surface area contributed by atoms with Gasteiger partial charge in [0.25, 0.3) is 0 Å². The zero-order valence-corrected chi connectivity index (χ0v) is 9.55. The predicted molar refractivity (Wildman–Crippen MR) is 65.6 cm³/mol. The Bertz CT molecular complexity index is 541. The van der Waals surface area contributed by atoms with Gasteiger partial charge in [-0.1, -0.05) is 12.1 Å². The van der Waals surface area contributed by atoms with E-state index < -0.39 is 0 Å². The molecule has 3 nitrogen and oxygen atoms in total. The third kappa shape index (κ3) is 2.61. The summed E-state index contributed by atoms with van der Waals surface area (Å²) in [5, 5.41) is 8.68. The highest BCUT2D eigenvalue weighted by Crippen LogP contribution is 2.23. The molecule has 0 atom stereocenters. The first-order valence-corrected chi connectivity index (χ1v) is 5.43. The average Bonchev–Trinajstić information content (AvgIpc) is 2.40. The first-order valence-electron chi connectivity index (χ1n) is 5.43. The molecule has 2 rings (SSSR count). The number of nitriles is 1. The van der Waals surface area contributed by atoms with E-state index in [1.165, 1.54) is 0 Å². The first-order chi connectivity index (χ1) is 8.33. The number of nitrogens with zero attached hydrogens (tertiary/aromatic N) is 2. The van der Waals surface area contributed by atoms with Gasteiger partial charge in [0, 0.05) is 11.8 Å². The molecule has 0 aliphatic carbocycles. The van der Waals surface area contributed by atoms with E-state index in [0.717, 1.165) is 16.9 Å². The summed E-state index contributed by atoms with van der Waals surface area (Å²) >= 11 is 0. The molecule has 0 amide bonds. The summed E-state index contributed by atoms with van der Waals surface area (Å²) in [5.74, 6) is 0.842. The van der Waals surface area contributed by atoms with Crippen molar-refractivity contribution in [1.29, 1.82) is 5.26 Å². The Labute approximate surface area is 100 Å². The van der Waals surface area contributed by atoms with Crippen LogP contribution >= 0.6 is 0 Å². The maximum absolute atomic E-state index is 8.68. The van der Waals surface area contributed by atoms with Crippen LogP contribution in [0.5, 0.6) is 5.75 Å². The molecular weight excluding hydrogens is 212 g/mol. The van der Waals surface area contributed by atoms with Gasteiger partial charge >= 0.3 is 0 Å². The van der Waals surface area contributed by atoms with Crippen LogP contribution < -0.4 is 4.74 Å². The van der Waals surface area contributed by atoms with E-state index in [-0.39, 0.29) is 0 Å². The second kappa shape index (κ2) is 5.13. The lowest BCUT2D eigenvalue weighted by Crippen LogP contribution is -1.91. The molecule has 17 heavy (non-hydrogen) atoms. The fourth-order valence-electron chi connectivity index (χ4n) is 1.56. The van der Waals surface area contributed by atoms with E-state index in [2.05, 4.69) is 4.98 Å². The van der Waals surface area contributed by atoms with Crippen LogP contribution in [0.15, 0.2) is 42.6 Å². The van der Waals surface area contributed by atoms with Crippen LogP contribution in [0.1, 0.15) is 12.6 Å². The topological polar surface area (TPSA) is 45.9 Å². The van der Waals surface area contributed by atoms with E-state index in [1.54, 1.807) is 12.3 Å². The molecule has 0 unspecified atom stereocenters. The van der Waals surface area contributed by atoms with Crippen molar-refractivity contribution in [1.82, 2.24) is 4.98 Å². The van der Waals surface area contributed by atoms with Crippen LogP contribution in [0.4, 0.5) is 0 Å². The lowest BCUT2D eigenvalue weighted by molar-refractivity contribution is 0.340. The largest absolute Gasteiger partial charge is 0.494 e. The number of benzene rings is 1. The number of hydrogen-bond acceptors (Lipinski definition) is 3. The maximum Gasteiger partial charge on any atom is 0.140 e. The van der Waals surface area contributed by atoms with Crippen LogP contribution in [0.3, 0.4) is 0 Å². The van der Waals surface area contributed by atoms with E-state index in [9.17, 15) is 0 Å². The zero-order chi connectivity index (χ0) is 12.1. The van der Waals surface area contributed by atoms with Crippen molar-refractivity contribution >= 4 is 0 Å². The highest BCUT2D eigenvalue weighted by atomic mass is 16.5. The molecule has 0 aliphatic heterocycles. The Morgan fingerprint density at radius 1 is 1.24 bits per heavy atom. The minimum absolute atomic E-state index is 0.426. The molecule has 2 aromatic rings. The lowest BCUT2D eigenvalue weighted by Gasteiger charge is -2.05. The minimum Gasteiger partial charge on any atom is -0.494 e. The van der Waals surface area contributed by atoms with Gasteiger partial charge in [-0.15, -0.1) is 0 Å². The normalized spacial score (nSPS) is 9.65. The molecule has 0 bridgehead atoms. The summed E-state index contributed by atoms with van der Waals surface area (Å²) in [6.45, 7) is 2.60. The van der Waals surface area contributed by atoms with Gasteiger partial charge < -0.3 is 4.74 Å². The Morgan fingerprint density at radius 3 is 2.76 bits per heavy atom. The van der Waals surface area contributed by atoms with Gasteiger partial charge in [-0.2, -0.15) is 5.26 Å². The van der Waals surface area contributed by atoms with Gasteiger partial charge in [0.1, 0.15) is 17.5 Å². The lowest BCUT2D eigenvalue weighted by atomic mass is 10.1. The van der Waals surface area contributed by atoms with Gasteiger partial charge in [-0.05, 0) is 36.8 Å². The molecule has 84 valence electrons. The first kappa shape index (κ1) is 11.2. The summed E-state index contributed by atoms with van der Waals surface area (Å²) in [6, 6.07) is 13.4. The van der Waals surface area contributed by atoms with Crippen molar-refractivity contribution in [2.75, 3.05) is 6.61 Å². The highest BCUT2D eigenvalue weighted by molar-refractivity contribution is 5.64. The third-order valence-corrected chi connectivity index (χ3v) is 2.36. The van der Waals surface area contributed by atoms with Crippen LogP contribution in [0, 0.1) is 11.3 Å². The number of aromatic nitrogens is 1. The monoisotopic (exact) mass is 224 g/mol. The summed E-state index contributed by atoms with van der Waals surface area (Å²) in [7, 11) is 0. The van der Waals surface area contributed by atoms with E-state index in [1.807, 2.05) is 43.3 Å². The fraction of sp³-hybridized carbons (Fsp3) is 0.143. The predicted octanol–water partition coefficient (Wildman–Crippen LogP) is 3.02. The van der Waals surface area contributed by atoms with E-state index in [4.69, 9.17) is 10.00 Å². The average molecular weight is 224 g/mol. The van der Waals surface area contributed by atoms with Crippen molar-refractivity contribution in [2.45, 2.75) is 6.92 Å². The van der Waals surface area contributed by atoms with Gasteiger partial charge in [-0.25, -0.2) is 4.98 Å². The SMILES string of the molecule is CCOc1cccc(-c2ccc(C#N)nc2)c1. The van der Waals surface area contributed by atoms with Gasteiger partial charge in [0.05, 0.1) is 6.61 Å². The molecule has 1 heterocycles. The van der Waals surface area contributed by atoms with Gasteiger partial charge in [0.15, 0.2) is 0 Å². The van der Waals surface area contributed by atoms with Crippen molar-refractivity contribution in [3.63, 3.8) is 0 Å².